The third-order valence-electron chi connectivity index (χ3n) is 8.42. The lowest BCUT2D eigenvalue weighted by Crippen LogP contribution is -2.62. The van der Waals surface area contributed by atoms with Gasteiger partial charge in [0.05, 0.1) is 16.3 Å². The largest absolute Gasteiger partial charge is 0.457 e. The molecule has 0 bridgehead atoms. The minimum atomic E-state index is -0.240. The highest BCUT2D eigenvalue weighted by atomic mass is 35.5. The predicted molar refractivity (Wildman–Crippen MR) is 169 cm³/mol. The summed E-state index contributed by atoms with van der Waals surface area (Å²) < 4.78 is 6.01. The molecule has 2 aromatic rings. The van der Waals surface area contributed by atoms with Crippen LogP contribution in [0.5, 0.6) is 11.5 Å². The van der Waals surface area contributed by atoms with Crippen LogP contribution in [0.15, 0.2) is 69.7 Å². The smallest absolute Gasteiger partial charge is 0.326 e. The Morgan fingerprint density at radius 1 is 1.09 bits per heavy atom. The van der Waals surface area contributed by atoms with Crippen molar-refractivity contribution in [2.45, 2.75) is 57.5 Å². The summed E-state index contributed by atoms with van der Waals surface area (Å²) in [4.78, 5) is 44.2. The van der Waals surface area contributed by atoms with E-state index >= 15 is 0 Å². The molecule has 3 N–H and O–H groups in total. The molecule has 0 radical (unpaired) electrons. The van der Waals surface area contributed by atoms with Crippen molar-refractivity contribution in [2.24, 2.45) is 5.92 Å². The second-order valence-corrected chi connectivity index (χ2v) is 13.2. The monoisotopic (exact) mass is 621 g/mol. The van der Waals surface area contributed by atoms with Crippen LogP contribution in [0, 0.1) is 12.8 Å². The highest BCUT2D eigenvalue weighted by Gasteiger charge is 2.52. The molecule has 4 aliphatic rings. The Morgan fingerprint density at radius 3 is 2.63 bits per heavy atom. The Labute approximate surface area is 261 Å². The van der Waals surface area contributed by atoms with E-state index in [0.29, 0.717) is 29.4 Å². The van der Waals surface area contributed by atoms with Crippen LogP contribution in [-0.4, -0.2) is 59.8 Å². The van der Waals surface area contributed by atoms with Gasteiger partial charge < -0.3 is 25.6 Å². The number of piperidine rings is 2. The molecule has 6 rings (SSSR count). The number of nitrogens with one attached hydrogen (secondary N) is 3. The number of hydrogen-bond donors (Lipinski definition) is 3. The molecule has 226 valence electrons. The van der Waals surface area contributed by atoms with Crippen LogP contribution in [0.1, 0.15) is 38.7 Å². The summed E-state index contributed by atoms with van der Waals surface area (Å²) in [5.74, 6) is 0.979. The third-order valence-corrected chi connectivity index (χ3v) is 10.3. The minimum Gasteiger partial charge on any atom is -0.457 e. The molecule has 0 aromatic heterocycles. The number of halogens is 1. The standard InChI is InChI=1S/C32H36ClN5O4S/c1-18(2)26(33)31(40)37-15-7-8-20(17-37)35-29(39)28-27-25-24(13-14-34-30(25)43-28)38(32(41)36-27)23-12-11-22(16-19(23)3)42-21-9-5-4-6-10-21/h4-6,9-12,16,20,24-25,30,34H,7-8,13-15,17H2,1-3H3,(H,35,39)(H,36,41)/t20-,24?,25?,30?/m1/s1. The summed E-state index contributed by atoms with van der Waals surface area (Å²) >= 11 is 7.71. The second kappa shape index (κ2) is 12.3. The van der Waals surface area contributed by atoms with Crippen LogP contribution in [0.2, 0.25) is 0 Å². The van der Waals surface area contributed by atoms with E-state index in [1.807, 2.05) is 74.2 Å². The molecule has 4 aliphatic heterocycles. The van der Waals surface area contributed by atoms with E-state index in [-0.39, 0.29) is 46.3 Å². The molecular weight excluding hydrogens is 586 g/mol. The van der Waals surface area contributed by atoms with Crippen molar-refractivity contribution in [2.75, 3.05) is 24.5 Å². The zero-order chi connectivity index (χ0) is 30.2. The van der Waals surface area contributed by atoms with Gasteiger partial charge in [-0.2, -0.15) is 0 Å². The average molecular weight is 622 g/mol. The molecule has 43 heavy (non-hydrogen) atoms. The van der Waals surface area contributed by atoms with Gasteiger partial charge in [0.1, 0.15) is 16.5 Å². The number of hydrogen-bond acceptors (Lipinski definition) is 6. The van der Waals surface area contributed by atoms with E-state index in [9.17, 15) is 14.4 Å². The summed E-state index contributed by atoms with van der Waals surface area (Å²) in [5, 5.41) is 9.98. The van der Waals surface area contributed by atoms with Gasteiger partial charge in [-0.15, -0.1) is 0 Å². The van der Waals surface area contributed by atoms with Crippen molar-refractivity contribution < 1.29 is 19.1 Å². The molecule has 3 fully saturated rings. The summed E-state index contributed by atoms with van der Waals surface area (Å²) in [6.07, 6.45) is 2.31. The van der Waals surface area contributed by atoms with E-state index in [2.05, 4.69) is 16.0 Å². The molecule has 4 heterocycles. The molecule has 2 aromatic carbocycles. The van der Waals surface area contributed by atoms with Crippen molar-refractivity contribution in [3.8, 4) is 11.5 Å². The fraction of sp³-hybridized carbons (Fsp3) is 0.406. The number of thioether (sulfide) groups is 1. The van der Waals surface area contributed by atoms with Gasteiger partial charge in [-0.3, -0.25) is 14.5 Å². The van der Waals surface area contributed by atoms with E-state index in [0.717, 1.165) is 48.4 Å². The van der Waals surface area contributed by atoms with Crippen molar-refractivity contribution in [3.63, 3.8) is 0 Å². The number of rotatable bonds is 6. The first-order chi connectivity index (χ1) is 20.7. The fourth-order valence-electron chi connectivity index (χ4n) is 6.37. The van der Waals surface area contributed by atoms with Crippen molar-refractivity contribution in [1.29, 1.82) is 0 Å². The first-order valence-electron chi connectivity index (χ1n) is 14.7. The van der Waals surface area contributed by atoms with Gasteiger partial charge in [0.15, 0.2) is 0 Å². The van der Waals surface area contributed by atoms with Crippen LogP contribution in [0.25, 0.3) is 0 Å². The van der Waals surface area contributed by atoms with Crippen LogP contribution in [0.4, 0.5) is 10.5 Å². The van der Waals surface area contributed by atoms with E-state index < -0.39 is 0 Å². The lowest BCUT2D eigenvalue weighted by molar-refractivity contribution is -0.128. The average Bonchev–Trinajstić information content (AvgIpc) is 3.37. The number of amides is 4. The number of carbonyl (C=O) groups is 3. The van der Waals surface area contributed by atoms with E-state index in [1.165, 1.54) is 11.8 Å². The maximum Gasteiger partial charge on any atom is 0.326 e. The van der Waals surface area contributed by atoms with Gasteiger partial charge in [-0.25, -0.2) is 4.79 Å². The first kappa shape index (κ1) is 29.6. The molecule has 9 nitrogen and oxygen atoms in total. The summed E-state index contributed by atoms with van der Waals surface area (Å²) in [6.45, 7) is 7.35. The lowest BCUT2D eigenvalue weighted by Gasteiger charge is -2.46. The van der Waals surface area contributed by atoms with Crippen LogP contribution >= 0.6 is 23.4 Å². The fourth-order valence-corrected chi connectivity index (χ4v) is 7.89. The maximum absolute atomic E-state index is 13.7. The van der Waals surface area contributed by atoms with Crippen LogP contribution < -0.4 is 25.6 Å². The number of likely N-dealkylation sites (tertiary alicyclic amines) is 1. The zero-order valence-corrected chi connectivity index (χ0v) is 26.1. The molecule has 0 saturated carbocycles. The number of allylic oxidation sites excluding steroid dienone is 1. The quantitative estimate of drug-likeness (QED) is 0.382. The second-order valence-electron chi connectivity index (χ2n) is 11.7. The maximum atomic E-state index is 13.7. The van der Waals surface area contributed by atoms with Crippen LogP contribution in [0.3, 0.4) is 0 Å². The molecule has 11 heteroatoms. The molecule has 4 atom stereocenters. The lowest BCUT2D eigenvalue weighted by atomic mass is 9.86. The van der Waals surface area contributed by atoms with Crippen molar-refractivity contribution in [1.82, 2.24) is 20.9 Å². The molecule has 4 amide bonds. The number of anilines is 1. The Hall–Kier alpha value is -3.47. The van der Waals surface area contributed by atoms with E-state index in [1.54, 1.807) is 4.90 Å². The Kier molecular flexibility index (Phi) is 8.44. The summed E-state index contributed by atoms with van der Waals surface area (Å²) in [7, 11) is 0. The number of carbonyl (C=O) groups excluding carboxylic acids is 3. The minimum absolute atomic E-state index is 0.0282. The van der Waals surface area contributed by atoms with Gasteiger partial charge in [-0.05, 0) is 82.5 Å². The molecular formula is C32H36ClN5O4S. The van der Waals surface area contributed by atoms with Crippen molar-refractivity contribution in [3.05, 3.63) is 75.3 Å². The normalized spacial score (nSPS) is 24.7. The SMILES string of the molecule is CC(C)=C(Cl)C(=O)N1CCC[C@@H](NC(=O)C2=C3NC(=O)N(c4ccc(Oc5ccccc5)cc4C)C4CCNC(S2)C34)C1. The van der Waals surface area contributed by atoms with E-state index in [4.69, 9.17) is 16.3 Å². The van der Waals surface area contributed by atoms with Gasteiger partial charge in [0.2, 0.25) is 0 Å². The highest BCUT2D eigenvalue weighted by Crippen LogP contribution is 2.48. The number of urea groups is 1. The summed E-state index contributed by atoms with van der Waals surface area (Å²) in [5.41, 5.74) is 3.21. The van der Waals surface area contributed by atoms with Gasteiger partial charge in [0.25, 0.3) is 11.8 Å². The highest BCUT2D eigenvalue weighted by molar-refractivity contribution is 8.04. The Balaban J connectivity index is 1.19. The topological polar surface area (TPSA) is 103 Å². The molecule has 3 saturated heterocycles. The number of aryl methyl sites for hydroxylation is 1. The number of nitrogens with zero attached hydrogens (tertiary/aromatic N) is 2. The predicted octanol–water partition coefficient (Wildman–Crippen LogP) is 5.22. The Morgan fingerprint density at radius 2 is 1.88 bits per heavy atom. The number of para-hydroxylation sites is 1. The zero-order valence-electron chi connectivity index (χ0n) is 24.5. The first-order valence-corrected chi connectivity index (χ1v) is 16.0. The molecule has 0 spiro atoms. The van der Waals surface area contributed by atoms with Gasteiger partial charge in [-0.1, -0.05) is 47.1 Å². The number of ether oxygens (including phenoxy) is 1. The molecule has 3 unspecified atom stereocenters. The molecule has 0 aliphatic carbocycles. The Bertz CT molecular complexity index is 1510. The van der Waals surface area contributed by atoms with Gasteiger partial charge >= 0.3 is 6.03 Å². The van der Waals surface area contributed by atoms with Crippen molar-refractivity contribution >= 4 is 46.9 Å². The number of benzene rings is 2. The van der Waals surface area contributed by atoms with Gasteiger partial charge in [0, 0.05) is 36.4 Å². The van der Waals surface area contributed by atoms with Crippen LogP contribution in [-0.2, 0) is 9.59 Å². The summed E-state index contributed by atoms with van der Waals surface area (Å²) in [6, 6.07) is 14.8. The third kappa shape index (κ3) is 5.88.